The van der Waals surface area contributed by atoms with Crippen LogP contribution < -0.4 is 5.32 Å². The molecule has 1 atom stereocenters. The number of fused-ring (bicyclic) bond motifs is 1. The summed E-state index contributed by atoms with van der Waals surface area (Å²) >= 11 is 1.48. The Balaban J connectivity index is 1.41. The normalized spacial score (nSPS) is 15.1. The summed E-state index contributed by atoms with van der Waals surface area (Å²) < 4.78 is 2.22. The van der Waals surface area contributed by atoms with Crippen LogP contribution in [0.25, 0.3) is 22.3 Å². The van der Waals surface area contributed by atoms with Crippen molar-refractivity contribution in [3.63, 3.8) is 0 Å². The molecular formula is C23H31N5OS. The van der Waals surface area contributed by atoms with Gasteiger partial charge in [-0.2, -0.15) is 0 Å². The maximum atomic E-state index is 12.4. The Morgan fingerprint density at radius 1 is 1.23 bits per heavy atom. The van der Waals surface area contributed by atoms with E-state index in [1.54, 1.807) is 0 Å². The van der Waals surface area contributed by atoms with Crippen molar-refractivity contribution in [2.75, 3.05) is 5.75 Å². The van der Waals surface area contributed by atoms with Crippen LogP contribution in [0.5, 0.6) is 0 Å². The number of aromatic amines is 1. The first kappa shape index (κ1) is 21.0. The van der Waals surface area contributed by atoms with Gasteiger partial charge in [0.1, 0.15) is 0 Å². The highest BCUT2D eigenvalue weighted by molar-refractivity contribution is 7.99. The number of carbonyl (C=O) groups excluding carboxylic acids is 1. The third kappa shape index (κ3) is 4.89. The summed E-state index contributed by atoms with van der Waals surface area (Å²) in [5.41, 5.74) is 2.16. The first-order chi connectivity index (χ1) is 14.5. The molecule has 1 aliphatic rings. The lowest BCUT2D eigenvalue weighted by Gasteiger charge is -2.14. The fraction of sp³-hybridized carbons (Fsp3) is 0.522. The standard InChI is InChI=1S/C23H31N5OS/c1-15(2)7-6-8-16(3)25-21(29)14-30-23-27-26-22(28(23)17-11-12-17)19-13-24-20-10-5-4-9-18(19)20/h4-5,9-10,13,15-17,24H,6-8,11-12,14H2,1-3H3,(H,25,29)/t16-/m0/s1. The van der Waals surface area contributed by atoms with Gasteiger partial charge in [0.05, 0.1) is 5.75 Å². The molecule has 0 spiro atoms. The number of benzene rings is 1. The van der Waals surface area contributed by atoms with Crippen LogP contribution in [0.3, 0.4) is 0 Å². The molecule has 2 N–H and O–H groups in total. The summed E-state index contributed by atoms with van der Waals surface area (Å²) in [5, 5.41) is 14.1. The summed E-state index contributed by atoms with van der Waals surface area (Å²) in [4.78, 5) is 15.8. The van der Waals surface area contributed by atoms with Gasteiger partial charge in [0.15, 0.2) is 11.0 Å². The lowest BCUT2D eigenvalue weighted by Crippen LogP contribution is -2.33. The van der Waals surface area contributed by atoms with Crippen LogP contribution in [0.15, 0.2) is 35.6 Å². The van der Waals surface area contributed by atoms with Crippen molar-refractivity contribution in [3.8, 4) is 11.4 Å². The highest BCUT2D eigenvalue weighted by atomic mass is 32.2. The number of thioether (sulfide) groups is 1. The minimum absolute atomic E-state index is 0.0658. The van der Waals surface area contributed by atoms with Crippen molar-refractivity contribution in [3.05, 3.63) is 30.5 Å². The van der Waals surface area contributed by atoms with Gasteiger partial charge in [-0.1, -0.05) is 56.7 Å². The molecular weight excluding hydrogens is 394 g/mol. The molecule has 1 saturated carbocycles. The molecule has 0 bridgehead atoms. The van der Waals surface area contributed by atoms with Crippen LogP contribution in [0, 0.1) is 5.92 Å². The fourth-order valence-electron chi connectivity index (χ4n) is 3.83. The van der Waals surface area contributed by atoms with E-state index in [1.807, 2.05) is 18.3 Å². The predicted molar refractivity (Wildman–Crippen MR) is 123 cm³/mol. The van der Waals surface area contributed by atoms with Gasteiger partial charge in [-0.25, -0.2) is 0 Å². The second-order valence-corrected chi connectivity index (χ2v) is 9.68. The Labute approximate surface area is 182 Å². The van der Waals surface area contributed by atoms with E-state index in [-0.39, 0.29) is 11.9 Å². The summed E-state index contributed by atoms with van der Waals surface area (Å²) in [6.07, 6.45) is 7.66. The molecule has 0 unspecified atom stereocenters. The third-order valence-corrected chi connectivity index (χ3v) is 6.51. The highest BCUT2D eigenvalue weighted by Crippen LogP contribution is 2.42. The second kappa shape index (κ2) is 9.25. The van der Waals surface area contributed by atoms with E-state index in [1.165, 1.54) is 18.2 Å². The molecule has 1 aromatic carbocycles. The van der Waals surface area contributed by atoms with Crippen LogP contribution in [-0.4, -0.2) is 37.5 Å². The molecule has 0 saturated heterocycles. The minimum Gasteiger partial charge on any atom is -0.360 e. The van der Waals surface area contributed by atoms with E-state index in [9.17, 15) is 4.79 Å². The highest BCUT2D eigenvalue weighted by Gasteiger charge is 2.31. The molecule has 6 nitrogen and oxygen atoms in total. The summed E-state index contributed by atoms with van der Waals surface area (Å²) in [6.45, 7) is 6.56. The number of aromatic nitrogens is 4. The van der Waals surface area contributed by atoms with Crippen molar-refractivity contribution < 1.29 is 4.79 Å². The van der Waals surface area contributed by atoms with Gasteiger partial charge in [0.2, 0.25) is 5.91 Å². The number of carbonyl (C=O) groups is 1. The van der Waals surface area contributed by atoms with Crippen LogP contribution >= 0.6 is 11.8 Å². The zero-order valence-corrected chi connectivity index (χ0v) is 18.8. The number of H-pyrrole nitrogens is 1. The van der Waals surface area contributed by atoms with E-state index in [0.29, 0.717) is 17.7 Å². The van der Waals surface area contributed by atoms with E-state index < -0.39 is 0 Å². The van der Waals surface area contributed by atoms with Gasteiger partial charge in [0.25, 0.3) is 0 Å². The fourth-order valence-corrected chi connectivity index (χ4v) is 4.65. The van der Waals surface area contributed by atoms with E-state index in [0.717, 1.165) is 53.1 Å². The molecule has 1 amide bonds. The zero-order chi connectivity index (χ0) is 21.1. The Hall–Kier alpha value is -2.28. The van der Waals surface area contributed by atoms with Crippen molar-refractivity contribution >= 4 is 28.6 Å². The first-order valence-electron chi connectivity index (χ1n) is 11.0. The maximum Gasteiger partial charge on any atom is 0.230 e. The van der Waals surface area contributed by atoms with Gasteiger partial charge in [-0.3, -0.25) is 9.36 Å². The number of hydrogen-bond donors (Lipinski definition) is 2. The Morgan fingerprint density at radius 3 is 2.80 bits per heavy atom. The van der Waals surface area contributed by atoms with E-state index in [4.69, 9.17) is 0 Å². The molecule has 0 aliphatic heterocycles. The zero-order valence-electron chi connectivity index (χ0n) is 18.0. The predicted octanol–water partition coefficient (Wildman–Crippen LogP) is 5.18. The minimum atomic E-state index is 0.0658. The van der Waals surface area contributed by atoms with Gasteiger partial charge >= 0.3 is 0 Å². The summed E-state index contributed by atoms with van der Waals surface area (Å²) in [6, 6.07) is 8.88. The van der Waals surface area contributed by atoms with Crippen LogP contribution in [0.2, 0.25) is 0 Å². The Kier molecular flexibility index (Phi) is 6.46. The number of rotatable bonds is 10. The van der Waals surface area contributed by atoms with Crippen molar-refractivity contribution in [1.82, 2.24) is 25.1 Å². The molecule has 4 rings (SSSR count). The van der Waals surface area contributed by atoms with Crippen LogP contribution in [0.4, 0.5) is 0 Å². The topological polar surface area (TPSA) is 75.6 Å². The number of nitrogens with zero attached hydrogens (tertiary/aromatic N) is 3. The molecule has 7 heteroatoms. The van der Waals surface area contributed by atoms with Crippen LogP contribution in [0.1, 0.15) is 58.9 Å². The smallest absolute Gasteiger partial charge is 0.230 e. The number of hydrogen-bond acceptors (Lipinski definition) is 4. The van der Waals surface area contributed by atoms with Crippen molar-refractivity contribution in [2.45, 2.75) is 70.1 Å². The largest absolute Gasteiger partial charge is 0.360 e. The average Bonchev–Trinajstić information content (AvgIpc) is 3.32. The monoisotopic (exact) mass is 425 g/mol. The van der Waals surface area contributed by atoms with E-state index in [2.05, 4.69) is 58.0 Å². The molecule has 1 aliphatic carbocycles. The third-order valence-electron chi connectivity index (χ3n) is 5.57. The molecule has 2 heterocycles. The van der Waals surface area contributed by atoms with Crippen LogP contribution in [-0.2, 0) is 4.79 Å². The first-order valence-corrected chi connectivity index (χ1v) is 11.9. The molecule has 2 aromatic heterocycles. The summed E-state index contributed by atoms with van der Waals surface area (Å²) in [7, 11) is 0. The average molecular weight is 426 g/mol. The quantitative estimate of drug-likeness (QED) is 0.439. The second-order valence-electron chi connectivity index (χ2n) is 8.74. The number of nitrogens with one attached hydrogen (secondary N) is 2. The SMILES string of the molecule is CC(C)CCC[C@H](C)NC(=O)CSc1nnc(-c2c[nH]c3ccccc23)n1C1CC1. The Bertz CT molecular complexity index is 1000. The summed E-state index contributed by atoms with van der Waals surface area (Å²) in [5.74, 6) is 2.03. The molecule has 3 aromatic rings. The van der Waals surface area contributed by atoms with E-state index >= 15 is 0 Å². The van der Waals surface area contributed by atoms with Gasteiger partial charge in [0, 0.05) is 34.7 Å². The van der Waals surface area contributed by atoms with Crippen molar-refractivity contribution in [2.24, 2.45) is 5.92 Å². The van der Waals surface area contributed by atoms with Gasteiger partial charge in [-0.05, 0) is 38.2 Å². The Morgan fingerprint density at radius 2 is 2.03 bits per heavy atom. The number of amides is 1. The molecule has 160 valence electrons. The molecule has 30 heavy (non-hydrogen) atoms. The lowest BCUT2D eigenvalue weighted by atomic mass is 10.0. The van der Waals surface area contributed by atoms with Gasteiger partial charge < -0.3 is 10.3 Å². The molecule has 1 fully saturated rings. The number of para-hydroxylation sites is 1. The maximum absolute atomic E-state index is 12.4. The van der Waals surface area contributed by atoms with Crippen molar-refractivity contribution in [1.29, 1.82) is 0 Å². The lowest BCUT2D eigenvalue weighted by molar-refractivity contribution is -0.119. The van der Waals surface area contributed by atoms with Gasteiger partial charge in [-0.15, -0.1) is 10.2 Å². The molecule has 0 radical (unpaired) electrons.